The molecule has 0 atom stereocenters. The number of ether oxygens (including phenoxy) is 2. The minimum atomic E-state index is -0.707. The second-order valence-electron chi connectivity index (χ2n) is 10.4. The molecule has 0 saturated carbocycles. The Labute approximate surface area is 246 Å². The molecule has 41 heavy (non-hydrogen) atoms. The second-order valence-corrected chi connectivity index (χ2v) is 11.3. The molecule has 0 amide bonds. The van der Waals surface area contributed by atoms with Gasteiger partial charge in [0.05, 0.1) is 40.7 Å². The molecule has 3 aromatic carbocycles. The molecule has 0 saturated heterocycles. The number of hydrogen-bond donors (Lipinski definition) is 2. The molecule has 0 spiro atoms. The van der Waals surface area contributed by atoms with Crippen LogP contribution in [0.15, 0.2) is 86.9 Å². The van der Waals surface area contributed by atoms with Crippen molar-refractivity contribution in [3.63, 3.8) is 0 Å². The predicted molar refractivity (Wildman–Crippen MR) is 164 cm³/mol. The van der Waals surface area contributed by atoms with Gasteiger partial charge in [0.2, 0.25) is 0 Å². The first-order chi connectivity index (χ1) is 19.7. The smallest absolute Gasteiger partial charge is 0.275 e. The molecule has 0 fully saturated rings. The number of H-pyrrole nitrogens is 2. The van der Waals surface area contributed by atoms with Gasteiger partial charge in [-0.1, -0.05) is 50.2 Å². The van der Waals surface area contributed by atoms with Gasteiger partial charge in [-0.15, -0.1) is 0 Å². The van der Waals surface area contributed by atoms with Crippen molar-refractivity contribution in [1.82, 2.24) is 19.6 Å². The number of aryl methyl sites for hydroxylation is 2. The summed E-state index contributed by atoms with van der Waals surface area (Å²) < 4.78 is 15.5. The molecule has 8 nitrogen and oxygen atoms in total. The normalized spacial score (nSPS) is 11.4. The van der Waals surface area contributed by atoms with Crippen molar-refractivity contribution in [2.45, 2.75) is 33.6 Å². The molecule has 2 N–H and O–H groups in total. The van der Waals surface area contributed by atoms with Crippen molar-refractivity contribution < 1.29 is 9.47 Å². The fraction of sp³-hybridized carbons (Fsp3) is 0.250. The van der Waals surface area contributed by atoms with E-state index in [0.717, 1.165) is 0 Å². The van der Waals surface area contributed by atoms with Gasteiger partial charge in [-0.25, -0.2) is 9.36 Å². The molecular weight excluding hydrogens is 584 g/mol. The van der Waals surface area contributed by atoms with Crippen molar-refractivity contribution in [2.24, 2.45) is 5.92 Å². The van der Waals surface area contributed by atoms with Crippen LogP contribution in [0, 0.1) is 19.8 Å². The van der Waals surface area contributed by atoms with Gasteiger partial charge >= 0.3 is 0 Å². The summed E-state index contributed by atoms with van der Waals surface area (Å²) in [5.74, 6) is 0.690. The monoisotopic (exact) mass is 616 g/mol. The van der Waals surface area contributed by atoms with E-state index in [1.807, 2.05) is 86.6 Å². The first kappa shape index (κ1) is 28.3. The van der Waals surface area contributed by atoms with Gasteiger partial charge < -0.3 is 9.47 Å². The summed E-state index contributed by atoms with van der Waals surface area (Å²) in [6.07, 6.45) is 0. The summed E-state index contributed by atoms with van der Waals surface area (Å²) >= 11 is 3.67. The quantitative estimate of drug-likeness (QED) is 0.205. The number of nitrogens with one attached hydrogen (secondary N) is 2. The second kappa shape index (κ2) is 11.7. The summed E-state index contributed by atoms with van der Waals surface area (Å²) in [4.78, 5) is 28.2. The van der Waals surface area contributed by atoms with Crippen LogP contribution in [0.4, 0.5) is 0 Å². The minimum Gasteiger partial charge on any atom is -0.493 e. The molecule has 0 bridgehead atoms. The topological polar surface area (TPSA) is 94.0 Å². The zero-order chi connectivity index (χ0) is 29.3. The van der Waals surface area contributed by atoms with Gasteiger partial charge in [-0.2, -0.15) is 0 Å². The summed E-state index contributed by atoms with van der Waals surface area (Å²) in [6.45, 7) is 8.36. The number of halogens is 1. The van der Waals surface area contributed by atoms with Crippen molar-refractivity contribution in [2.75, 3.05) is 13.7 Å². The molecule has 0 aliphatic carbocycles. The van der Waals surface area contributed by atoms with E-state index < -0.39 is 5.92 Å². The predicted octanol–water partition coefficient (Wildman–Crippen LogP) is 6.25. The zero-order valence-corrected chi connectivity index (χ0v) is 25.3. The minimum absolute atomic E-state index is 0.236. The van der Waals surface area contributed by atoms with Gasteiger partial charge in [0.25, 0.3) is 11.1 Å². The van der Waals surface area contributed by atoms with Crippen LogP contribution in [0.25, 0.3) is 11.4 Å². The van der Waals surface area contributed by atoms with E-state index >= 15 is 0 Å². The molecule has 212 valence electrons. The van der Waals surface area contributed by atoms with Crippen LogP contribution in [-0.4, -0.2) is 33.3 Å². The molecule has 2 aromatic heterocycles. The van der Waals surface area contributed by atoms with Crippen LogP contribution in [-0.2, 0) is 0 Å². The molecular formula is C32H33BrN4O4. The van der Waals surface area contributed by atoms with E-state index in [2.05, 4.69) is 40.0 Å². The Morgan fingerprint density at radius 2 is 1.29 bits per heavy atom. The summed E-state index contributed by atoms with van der Waals surface area (Å²) in [5, 5.41) is 6.46. The van der Waals surface area contributed by atoms with Gasteiger partial charge in [0.15, 0.2) is 11.5 Å². The van der Waals surface area contributed by atoms with Gasteiger partial charge in [0.1, 0.15) is 0 Å². The van der Waals surface area contributed by atoms with Gasteiger partial charge in [-0.05, 0) is 77.7 Å². The third-order valence-corrected chi connectivity index (χ3v) is 7.58. The number of aromatic nitrogens is 4. The third-order valence-electron chi connectivity index (χ3n) is 6.99. The van der Waals surface area contributed by atoms with Crippen molar-refractivity contribution in [3.8, 4) is 22.9 Å². The average Bonchev–Trinajstić information content (AvgIpc) is 3.43. The van der Waals surface area contributed by atoms with E-state index in [-0.39, 0.29) is 11.1 Å². The number of aromatic amines is 2. The maximum absolute atomic E-state index is 14.1. The number of nitrogens with zero attached hydrogens (tertiary/aromatic N) is 2. The van der Waals surface area contributed by atoms with E-state index in [9.17, 15) is 9.59 Å². The Morgan fingerprint density at radius 1 is 0.805 bits per heavy atom. The van der Waals surface area contributed by atoms with E-state index in [1.54, 1.807) is 7.11 Å². The molecule has 0 aliphatic rings. The number of rotatable bonds is 9. The molecule has 9 heteroatoms. The largest absolute Gasteiger partial charge is 0.493 e. The van der Waals surface area contributed by atoms with Crippen LogP contribution in [0.3, 0.4) is 0 Å². The number of methoxy groups -OCH3 is 1. The summed E-state index contributed by atoms with van der Waals surface area (Å²) in [7, 11) is 1.58. The number of hydrogen-bond acceptors (Lipinski definition) is 4. The van der Waals surface area contributed by atoms with E-state index in [0.29, 0.717) is 67.9 Å². The van der Waals surface area contributed by atoms with Crippen molar-refractivity contribution in [1.29, 1.82) is 0 Å². The van der Waals surface area contributed by atoms with E-state index in [4.69, 9.17) is 9.47 Å². The third kappa shape index (κ3) is 5.41. The lowest BCUT2D eigenvalue weighted by molar-refractivity contribution is 0.255. The van der Waals surface area contributed by atoms with Crippen LogP contribution < -0.4 is 20.6 Å². The average molecular weight is 618 g/mol. The van der Waals surface area contributed by atoms with Crippen LogP contribution in [0.1, 0.15) is 47.8 Å². The highest BCUT2D eigenvalue weighted by Crippen LogP contribution is 2.42. The van der Waals surface area contributed by atoms with Crippen LogP contribution >= 0.6 is 15.9 Å². The standard InChI is InChI=1S/C32H33BrN4O4/c1-19(2)18-41-30-25(33)16-22(17-26(30)40-5)29(27-20(3)34-36(31(27)38)23-12-8-6-9-13-23)28-21(4)35-37(32(28)39)24-14-10-7-11-15-24/h6-17,19,29,34-35H,18H2,1-5H3. The lowest BCUT2D eigenvalue weighted by atomic mass is 9.85. The highest BCUT2D eigenvalue weighted by Gasteiger charge is 2.32. The van der Waals surface area contributed by atoms with E-state index in [1.165, 1.54) is 9.36 Å². The van der Waals surface area contributed by atoms with Crippen molar-refractivity contribution >= 4 is 15.9 Å². The number of benzene rings is 3. The molecule has 5 aromatic rings. The molecule has 0 aliphatic heterocycles. The zero-order valence-electron chi connectivity index (χ0n) is 23.7. The fourth-order valence-electron chi connectivity index (χ4n) is 5.09. The molecule has 0 radical (unpaired) electrons. The number of para-hydroxylation sites is 2. The summed E-state index contributed by atoms with van der Waals surface area (Å²) in [6, 6.07) is 22.5. The Bertz CT molecular complexity index is 1680. The Balaban J connectivity index is 1.77. The molecule has 0 unspecified atom stereocenters. The van der Waals surface area contributed by atoms with Gasteiger partial charge in [-0.3, -0.25) is 19.8 Å². The molecule has 2 heterocycles. The SMILES string of the molecule is COc1cc(C(c2c(C)[nH]n(-c3ccccc3)c2=O)c2c(C)[nH]n(-c3ccccc3)c2=O)cc(Br)c1OCC(C)C. The highest BCUT2D eigenvalue weighted by atomic mass is 79.9. The lowest BCUT2D eigenvalue weighted by Crippen LogP contribution is -2.25. The molecule has 5 rings (SSSR count). The van der Waals surface area contributed by atoms with Gasteiger partial charge in [0, 0.05) is 17.3 Å². The van der Waals surface area contributed by atoms with Crippen LogP contribution in [0.5, 0.6) is 11.5 Å². The highest BCUT2D eigenvalue weighted by molar-refractivity contribution is 9.10. The lowest BCUT2D eigenvalue weighted by Gasteiger charge is -2.20. The fourth-order valence-corrected chi connectivity index (χ4v) is 5.67. The van der Waals surface area contributed by atoms with Crippen molar-refractivity contribution in [3.05, 3.63) is 126 Å². The first-order valence-corrected chi connectivity index (χ1v) is 14.2. The summed E-state index contributed by atoms with van der Waals surface area (Å²) in [5.41, 5.74) is 3.90. The maximum atomic E-state index is 14.1. The first-order valence-electron chi connectivity index (χ1n) is 13.4. The Hall–Kier alpha value is -4.24. The van der Waals surface area contributed by atoms with Crippen LogP contribution in [0.2, 0.25) is 0 Å². The Morgan fingerprint density at radius 3 is 1.73 bits per heavy atom. The maximum Gasteiger partial charge on any atom is 0.275 e. The Kier molecular flexibility index (Phi) is 8.08.